The SMILES string of the molecule is C.CN1CCCC(/C(N)=N/O)C1.CN1CCCC(/C(N)=N\OC(=O)CN)C1.CN1CCCC(C#N)C1.CN1CCCC(C(N)=O)C1.CN1CCCC(c2noc(CN)n2)C1.C[B]C.C[B]N1CCCC(c2noc(CN)n2)C1.NCC(=O)O.NCc1nc(C2CCCNC2)no1.NO.P.P.P.P.P. The molecule has 103 heavy (non-hydrogen) atoms. The molecule has 12 unspecified atom stereocenters. The number of amidine groups is 2. The van der Waals surface area contributed by atoms with E-state index >= 15 is 0 Å². The molecule has 3 aromatic heterocycles. The molecule has 1 amide bonds. The minimum Gasteiger partial charge on any atom is -0.480 e. The van der Waals surface area contributed by atoms with Crippen molar-refractivity contribution in [3.8, 4) is 6.07 Å². The minimum absolute atomic E-state index is 0. The van der Waals surface area contributed by atoms with Gasteiger partial charge in [-0.05, 0) is 177 Å². The molecule has 10 heterocycles. The Bertz CT molecular complexity index is 2660. The molecule has 2 radical (unpaired) electrons. The van der Waals surface area contributed by atoms with Crippen LogP contribution in [0.4, 0.5) is 0 Å². The number of aromatic nitrogens is 6. The first-order valence-corrected chi connectivity index (χ1v) is 33.7. The fourth-order valence-corrected chi connectivity index (χ4v) is 11.2. The molecule has 12 atom stereocenters. The minimum atomic E-state index is -0.968. The Balaban J connectivity index is -0.000000259. The fourth-order valence-electron chi connectivity index (χ4n) is 11.2. The van der Waals surface area contributed by atoms with Crippen LogP contribution >= 0.6 is 49.5 Å². The average molecular weight is 1560 g/mol. The second-order valence-corrected chi connectivity index (χ2v) is 24.8. The van der Waals surface area contributed by atoms with E-state index in [1.165, 1.54) is 25.7 Å². The largest absolute Gasteiger partial charge is 0.480 e. The van der Waals surface area contributed by atoms with Crippen molar-refractivity contribution < 1.29 is 48.3 Å². The van der Waals surface area contributed by atoms with Crippen LogP contribution in [-0.2, 0) is 38.9 Å². The summed E-state index contributed by atoms with van der Waals surface area (Å²) in [6.45, 7) is 21.0. The number of likely N-dealkylation sites (tertiary alicyclic amines) is 5. The molecule has 10 rings (SSSR count). The van der Waals surface area contributed by atoms with Crippen LogP contribution in [0.5, 0.6) is 0 Å². The predicted octanol–water partition coefficient (Wildman–Crippen LogP) is 0.627. The quantitative estimate of drug-likeness (QED) is 0.0212. The molecule has 7 aliphatic heterocycles. The smallest absolute Gasteiger partial charge is 0.348 e. The van der Waals surface area contributed by atoms with Crippen LogP contribution in [0, 0.1) is 35.0 Å². The zero-order chi connectivity index (χ0) is 72.5. The number of nitrogens with one attached hydrogen (secondary N) is 1. The van der Waals surface area contributed by atoms with Crippen LogP contribution in [0.2, 0.25) is 20.5 Å². The molecule has 3 aromatic rings. The van der Waals surface area contributed by atoms with Gasteiger partial charge in [-0.25, -0.2) is 10.7 Å². The Morgan fingerprint density at radius 1 is 0.563 bits per heavy atom. The monoisotopic (exact) mass is 1560 g/mol. The molecule has 0 aromatic carbocycles. The summed E-state index contributed by atoms with van der Waals surface area (Å²) in [5, 5.41) is 52.8. The van der Waals surface area contributed by atoms with Gasteiger partial charge < -0.3 is 114 Å². The number of primary amides is 1. The number of oxime groups is 2. The third-order valence-electron chi connectivity index (χ3n) is 16.4. The summed E-state index contributed by atoms with van der Waals surface area (Å²) in [5.41, 5.74) is 42.2. The van der Waals surface area contributed by atoms with Crippen LogP contribution in [0.3, 0.4) is 0 Å². The summed E-state index contributed by atoms with van der Waals surface area (Å²) < 4.78 is 15.0. The van der Waals surface area contributed by atoms with Crippen LogP contribution in [0.15, 0.2) is 23.9 Å². The van der Waals surface area contributed by atoms with Crippen LogP contribution in [0.1, 0.15) is 150 Å². The predicted molar refractivity (Wildman–Crippen MR) is 434 cm³/mol. The molecule has 0 aliphatic carbocycles. The van der Waals surface area contributed by atoms with E-state index in [9.17, 15) is 14.4 Å². The Morgan fingerprint density at radius 2 is 0.932 bits per heavy atom. The van der Waals surface area contributed by atoms with Crippen molar-refractivity contribution in [1.29, 1.82) is 5.26 Å². The molecule has 42 heteroatoms. The molecule has 0 saturated carbocycles. The number of likely N-dealkylation sites (N-methyl/N-ethyl adjacent to an activating group) is 1. The summed E-state index contributed by atoms with van der Waals surface area (Å²) in [7, 11) is 14.4. The van der Waals surface area contributed by atoms with Gasteiger partial charge in [-0.2, -0.15) is 69.7 Å². The zero-order valence-electron chi connectivity index (χ0n) is 62.7. The van der Waals surface area contributed by atoms with E-state index in [1.54, 1.807) is 0 Å². The Kier molecular flexibility index (Phi) is 71.5. The van der Waals surface area contributed by atoms with Crippen LogP contribution in [-0.4, -0.2) is 259 Å². The number of aliphatic carboxylic acids is 1. The number of hydrogen-bond acceptors (Lipinski definition) is 31. The molecular formula is C61H138B2N25O10P5. The van der Waals surface area contributed by atoms with E-state index in [1.807, 2.05) is 35.0 Å². The van der Waals surface area contributed by atoms with Gasteiger partial charge in [0.2, 0.25) is 31.0 Å². The number of nitrogens with zero attached hydrogens (tertiary/aromatic N) is 15. The van der Waals surface area contributed by atoms with Gasteiger partial charge in [0.25, 0.3) is 0 Å². The average Bonchev–Trinajstić information content (AvgIpc) is 1.75. The number of hydrogen-bond donors (Lipinski definition) is 13. The second kappa shape index (κ2) is 67.2. The lowest BCUT2D eigenvalue weighted by molar-refractivity contribution is -0.142. The lowest BCUT2D eigenvalue weighted by atomic mass is 9.87. The van der Waals surface area contributed by atoms with Crippen molar-refractivity contribution in [2.24, 2.45) is 85.7 Å². The maximum atomic E-state index is 10.7. The lowest BCUT2D eigenvalue weighted by Gasteiger charge is -2.29. The molecule has 0 spiro atoms. The molecule has 7 saturated heterocycles. The summed E-state index contributed by atoms with van der Waals surface area (Å²) >= 11 is 0. The third kappa shape index (κ3) is 48.7. The molecule has 7 fully saturated rings. The molecule has 7 aliphatic rings. The standard InChI is InChI=1S/C9H16BN4O.C9H18N4O2.C9H16N4O.C8H14N4O.C7H15N3O.C7H14N2O.C7H12N2.C2H6B.C2H5NO2.CH4.H3NO.5H3P/c1-10-14-4-2-3-7(6-14)9-12-8(5-11)15-13-9;1-13-4-2-3-7(6-13)9(11)12-15-8(14)5-10;1-13-4-2-3-7(6-13)9-11-8(5-10)14-12-9;9-4-7-11-8(12-13-7)6-2-1-3-10-5-6;1-10-4-2-3-6(5-10)7(8)9-11;1-9-4-2-3-6(5-9)7(8)10;1-9-4-2-3-7(5-8)6-9;1-3-2;3-1-2(4)5;;1-2;;;;;/h7H,2-6,11H2,1H3;7H,2-6,10H2,1H3,(H2,11,12);7H,2-6,10H2,1H3;6,10H,1-5,9H2;6,11H,2-5H2,1H3,(H2,8,9);6H,2-5H2,1H3,(H2,8,10);7H,2-4,6H2,1H3;1-2H3;1,3H2,(H,4,5);1H4;2H,1H2;5*1H3. The van der Waals surface area contributed by atoms with E-state index < -0.39 is 11.9 Å². The summed E-state index contributed by atoms with van der Waals surface area (Å²) in [6.07, 6.45) is 15.6. The Hall–Kier alpha value is -4.22. The number of rotatable bonds is 13. The van der Waals surface area contributed by atoms with E-state index in [0.717, 1.165) is 173 Å². The normalized spacial score (nSPS) is 22.0. The maximum absolute atomic E-state index is 10.7. The van der Waals surface area contributed by atoms with Gasteiger partial charge in [0.15, 0.2) is 17.5 Å². The number of carboxylic acid groups (broad SMARTS) is 1. The van der Waals surface area contributed by atoms with Crippen molar-refractivity contribution in [2.75, 3.05) is 140 Å². The fraction of sp³-hybridized carbons (Fsp3) is 0.803. The molecule has 598 valence electrons. The number of nitriles is 1. The zero-order valence-corrected chi connectivity index (χ0v) is 69.7. The summed E-state index contributed by atoms with van der Waals surface area (Å²) in [5.74, 6) is 8.60. The summed E-state index contributed by atoms with van der Waals surface area (Å²) in [4.78, 5) is 61.3. The van der Waals surface area contributed by atoms with Gasteiger partial charge in [0.05, 0.1) is 50.6 Å². The van der Waals surface area contributed by atoms with E-state index in [-0.39, 0.29) is 93.7 Å². The number of nitrogens with two attached hydrogens (primary N) is 9. The maximum Gasteiger partial charge on any atom is 0.348 e. The Morgan fingerprint density at radius 3 is 1.26 bits per heavy atom. The van der Waals surface area contributed by atoms with E-state index in [4.69, 9.17) is 74.5 Å². The highest BCUT2D eigenvalue weighted by atomic mass is 31.0. The van der Waals surface area contributed by atoms with Gasteiger partial charge in [-0.1, -0.05) is 53.7 Å². The van der Waals surface area contributed by atoms with Gasteiger partial charge in [0.1, 0.15) is 19.0 Å². The van der Waals surface area contributed by atoms with Crippen molar-refractivity contribution in [3.05, 3.63) is 35.1 Å². The number of carbonyl (C=O) groups is 3. The van der Waals surface area contributed by atoms with E-state index in [2.05, 4.69) is 133 Å². The highest BCUT2D eigenvalue weighted by Gasteiger charge is 2.27. The van der Waals surface area contributed by atoms with Gasteiger partial charge in [-0.15, -0.1) is 0 Å². The molecular weight excluding hydrogens is 1420 g/mol. The van der Waals surface area contributed by atoms with Gasteiger partial charge in [-0.3, -0.25) is 9.59 Å². The molecule has 22 N–H and O–H groups in total. The van der Waals surface area contributed by atoms with Crippen molar-refractivity contribution >= 4 is 93.7 Å². The summed E-state index contributed by atoms with van der Waals surface area (Å²) in [6, 6.07) is 2.29. The van der Waals surface area contributed by atoms with Gasteiger partial charge >= 0.3 is 11.9 Å². The highest BCUT2D eigenvalue weighted by molar-refractivity contribution is 6.92. The van der Waals surface area contributed by atoms with Gasteiger partial charge in [0, 0.05) is 68.9 Å². The van der Waals surface area contributed by atoms with Crippen LogP contribution in [0.25, 0.3) is 0 Å². The van der Waals surface area contributed by atoms with Crippen molar-refractivity contribution in [3.63, 3.8) is 0 Å². The number of carbonyl (C=O) groups excluding carboxylic acids is 2. The van der Waals surface area contributed by atoms with Crippen molar-refractivity contribution in [1.82, 2.24) is 65.0 Å². The number of piperidine rings is 7. The lowest BCUT2D eigenvalue weighted by Crippen LogP contribution is -2.39. The first kappa shape index (κ1) is 110. The highest BCUT2D eigenvalue weighted by Crippen LogP contribution is 2.26. The topological polar surface area (TPSA) is 552 Å². The first-order chi connectivity index (χ1) is 46.6. The first-order valence-electron chi connectivity index (χ1n) is 33.7. The third-order valence-corrected chi connectivity index (χ3v) is 16.4. The Labute approximate surface area is 631 Å². The molecule has 0 bridgehead atoms. The molecule has 35 nitrogen and oxygen atoms in total. The van der Waals surface area contributed by atoms with Crippen LogP contribution < -0.4 is 57.1 Å². The second-order valence-electron chi connectivity index (χ2n) is 24.8. The number of amides is 1. The number of carboxylic acids is 1. The van der Waals surface area contributed by atoms with E-state index in [0.29, 0.717) is 72.6 Å². The van der Waals surface area contributed by atoms with Crippen molar-refractivity contribution in [2.45, 2.75) is 155 Å².